The SMILES string of the molecule is CNC1CCCN(CC(=O)Nc2cccc(C#N)c2)C1. The molecular formula is C15H20N4O. The summed E-state index contributed by atoms with van der Waals surface area (Å²) in [5.41, 5.74) is 1.23. The zero-order chi connectivity index (χ0) is 14.4. The van der Waals surface area contributed by atoms with Gasteiger partial charge in [-0.05, 0) is 44.6 Å². The Bertz CT molecular complexity index is 509. The van der Waals surface area contributed by atoms with Crippen molar-refractivity contribution in [3.63, 3.8) is 0 Å². The molecule has 1 atom stereocenters. The van der Waals surface area contributed by atoms with Gasteiger partial charge in [0.25, 0.3) is 0 Å². The minimum atomic E-state index is -0.0307. The van der Waals surface area contributed by atoms with E-state index in [9.17, 15) is 4.79 Å². The summed E-state index contributed by atoms with van der Waals surface area (Å²) < 4.78 is 0. The third kappa shape index (κ3) is 4.05. The first kappa shape index (κ1) is 14.5. The number of piperidine rings is 1. The molecule has 5 nitrogen and oxygen atoms in total. The second-order valence-electron chi connectivity index (χ2n) is 5.10. The van der Waals surface area contributed by atoms with Gasteiger partial charge in [0, 0.05) is 18.3 Å². The van der Waals surface area contributed by atoms with Crippen molar-refractivity contribution in [2.45, 2.75) is 18.9 Å². The lowest BCUT2D eigenvalue weighted by Crippen LogP contribution is -2.46. The summed E-state index contributed by atoms with van der Waals surface area (Å²) >= 11 is 0. The summed E-state index contributed by atoms with van der Waals surface area (Å²) in [4.78, 5) is 14.2. The summed E-state index contributed by atoms with van der Waals surface area (Å²) in [5, 5.41) is 14.9. The van der Waals surface area contributed by atoms with Crippen molar-refractivity contribution >= 4 is 11.6 Å². The highest BCUT2D eigenvalue weighted by molar-refractivity contribution is 5.92. The van der Waals surface area contributed by atoms with Crippen LogP contribution < -0.4 is 10.6 Å². The van der Waals surface area contributed by atoms with Crippen molar-refractivity contribution in [1.82, 2.24) is 10.2 Å². The Morgan fingerprint density at radius 3 is 3.15 bits per heavy atom. The van der Waals surface area contributed by atoms with E-state index in [1.165, 1.54) is 6.42 Å². The number of rotatable bonds is 4. The summed E-state index contributed by atoms with van der Waals surface area (Å²) in [6, 6.07) is 9.51. The zero-order valence-corrected chi connectivity index (χ0v) is 11.7. The molecule has 2 N–H and O–H groups in total. The Kier molecular flexibility index (Phi) is 5.10. The van der Waals surface area contributed by atoms with Gasteiger partial charge in [0.15, 0.2) is 0 Å². The van der Waals surface area contributed by atoms with Gasteiger partial charge in [0.05, 0.1) is 18.2 Å². The number of anilines is 1. The number of carbonyl (C=O) groups excluding carboxylic acids is 1. The van der Waals surface area contributed by atoms with Gasteiger partial charge in [-0.25, -0.2) is 0 Å². The second-order valence-corrected chi connectivity index (χ2v) is 5.10. The molecule has 0 saturated carbocycles. The van der Waals surface area contributed by atoms with Gasteiger partial charge in [0.2, 0.25) is 5.91 Å². The molecule has 20 heavy (non-hydrogen) atoms. The van der Waals surface area contributed by atoms with Gasteiger partial charge < -0.3 is 10.6 Å². The van der Waals surface area contributed by atoms with Crippen molar-refractivity contribution in [1.29, 1.82) is 5.26 Å². The number of carbonyl (C=O) groups is 1. The topological polar surface area (TPSA) is 68.2 Å². The third-order valence-corrected chi connectivity index (χ3v) is 3.56. The first-order valence-electron chi connectivity index (χ1n) is 6.91. The number of likely N-dealkylation sites (tertiary alicyclic amines) is 1. The fraction of sp³-hybridized carbons (Fsp3) is 0.467. The van der Waals surface area contributed by atoms with E-state index in [2.05, 4.69) is 21.6 Å². The van der Waals surface area contributed by atoms with Gasteiger partial charge in [-0.3, -0.25) is 9.69 Å². The van der Waals surface area contributed by atoms with Crippen LogP contribution in [0.3, 0.4) is 0 Å². The van der Waals surface area contributed by atoms with E-state index in [4.69, 9.17) is 5.26 Å². The Morgan fingerprint density at radius 1 is 1.55 bits per heavy atom. The molecule has 1 heterocycles. The molecule has 0 radical (unpaired) electrons. The van der Waals surface area contributed by atoms with Gasteiger partial charge in [-0.15, -0.1) is 0 Å². The van der Waals surface area contributed by atoms with E-state index in [-0.39, 0.29) is 5.91 Å². The zero-order valence-electron chi connectivity index (χ0n) is 11.7. The second kappa shape index (κ2) is 7.04. The van der Waals surface area contributed by atoms with E-state index in [0.717, 1.165) is 19.5 Å². The average molecular weight is 272 g/mol. The molecule has 1 unspecified atom stereocenters. The molecule has 2 rings (SSSR count). The lowest BCUT2D eigenvalue weighted by atomic mass is 10.1. The van der Waals surface area contributed by atoms with Crippen molar-refractivity contribution in [3.8, 4) is 6.07 Å². The Hall–Kier alpha value is -1.90. The molecule has 5 heteroatoms. The third-order valence-electron chi connectivity index (χ3n) is 3.56. The Morgan fingerprint density at radius 2 is 2.40 bits per heavy atom. The molecule has 1 amide bonds. The lowest BCUT2D eigenvalue weighted by molar-refractivity contribution is -0.117. The number of nitrogens with zero attached hydrogens (tertiary/aromatic N) is 2. The number of benzene rings is 1. The minimum absolute atomic E-state index is 0.0307. The van der Waals surface area contributed by atoms with Crippen LogP contribution in [0, 0.1) is 11.3 Å². The summed E-state index contributed by atoms with van der Waals surface area (Å²) in [7, 11) is 1.96. The summed E-state index contributed by atoms with van der Waals surface area (Å²) in [6.07, 6.45) is 2.28. The van der Waals surface area contributed by atoms with Crippen LogP contribution in [-0.2, 0) is 4.79 Å². The summed E-state index contributed by atoms with van der Waals surface area (Å²) in [5.74, 6) is -0.0307. The van der Waals surface area contributed by atoms with E-state index in [1.54, 1.807) is 24.3 Å². The number of hydrogen-bond acceptors (Lipinski definition) is 4. The largest absolute Gasteiger partial charge is 0.325 e. The van der Waals surface area contributed by atoms with Crippen LogP contribution in [0.1, 0.15) is 18.4 Å². The molecule has 0 spiro atoms. The number of likely N-dealkylation sites (N-methyl/N-ethyl adjacent to an activating group) is 1. The number of amides is 1. The fourth-order valence-corrected chi connectivity index (χ4v) is 2.50. The van der Waals surface area contributed by atoms with Gasteiger partial charge in [-0.2, -0.15) is 5.26 Å². The average Bonchev–Trinajstić information content (AvgIpc) is 2.47. The van der Waals surface area contributed by atoms with Gasteiger partial charge in [0.1, 0.15) is 0 Å². The molecule has 0 aromatic heterocycles. The van der Waals surface area contributed by atoms with Crippen LogP contribution in [0.4, 0.5) is 5.69 Å². The number of hydrogen-bond donors (Lipinski definition) is 2. The maximum Gasteiger partial charge on any atom is 0.238 e. The first-order valence-corrected chi connectivity index (χ1v) is 6.91. The standard InChI is InChI=1S/C15H20N4O/c1-17-14-6-3-7-19(10-14)11-15(20)18-13-5-2-4-12(8-13)9-16/h2,4-5,8,14,17H,3,6-7,10-11H2,1H3,(H,18,20). The van der Waals surface area contributed by atoms with Gasteiger partial charge in [-0.1, -0.05) is 6.07 Å². The van der Waals surface area contributed by atoms with E-state index in [0.29, 0.717) is 23.8 Å². The normalized spacial score (nSPS) is 19.3. The van der Waals surface area contributed by atoms with Crippen LogP contribution in [0.2, 0.25) is 0 Å². The monoisotopic (exact) mass is 272 g/mol. The van der Waals surface area contributed by atoms with Crippen molar-refractivity contribution in [2.75, 3.05) is 32.0 Å². The molecule has 106 valence electrons. The maximum atomic E-state index is 12.0. The van der Waals surface area contributed by atoms with Crippen LogP contribution in [0.5, 0.6) is 0 Å². The van der Waals surface area contributed by atoms with Crippen LogP contribution in [0.25, 0.3) is 0 Å². The van der Waals surface area contributed by atoms with E-state index in [1.807, 2.05) is 7.05 Å². The molecule has 1 fully saturated rings. The number of nitriles is 1. The molecule has 0 aliphatic carbocycles. The van der Waals surface area contributed by atoms with Crippen LogP contribution in [0.15, 0.2) is 24.3 Å². The van der Waals surface area contributed by atoms with Crippen molar-refractivity contribution in [3.05, 3.63) is 29.8 Å². The van der Waals surface area contributed by atoms with Crippen LogP contribution >= 0.6 is 0 Å². The van der Waals surface area contributed by atoms with Gasteiger partial charge >= 0.3 is 0 Å². The molecule has 1 aromatic rings. The smallest absolute Gasteiger partial charge is 0.238 e. The molecule has 1 aliphatic rings. The number of nitrogens with one attached hydrogen (secondary N) is 2. The Labute approximate surface area is 119 Å². The van der Waals surface area contributed by atoms with E-state index < -0.39 is 0 Å². The van der Waals surface area contributed by atoms with Crippen molar-refractivity contribution < 1.29 is 4.79 Å². The highest BCUT2D eigenvalue weighted by Gasteiger charge is 2.20. The highest BCUT2D eigenvalue weighted by Crippen LogP contribution is 2.12. The lowest BCUT2D eigenvalue weighted by Gasteiger charge is -2.31. The quantitative estimate of drug-likeness (QED) is 0.863. The molecule has 1 aliphatic heterocycles. The highest BCUT2D eigenvalue weighted by atomic mass is 16.2. The van der Waals surface area contributed by atoms with Crippen molar-refractivity contribution in [2.24, 2.45) is 0 Å². The first-order chi connectivity index (χ1) is 9.71. The predicted molar refractivity (Wildman–Crippen MR) is 78.3 cm³/mol. The summed E-state index contributed by atoms with van der Waals surface area (Å²) in [6.45, 7) is 2.26. The fourth-order valence-electron chi connectivity index (χ4n) is 2.50. The molecule has 1 aromatic carbocycles. The van der Waals surface area contributed by atoms with E-state index >= 15 is 0 Å². The Balaban J connectivity index is 1.87. The molecule has 0 bridgehead atoms. The van der Waals surface area contributed by atoms with Crippen LogP contribution in [-0.4, -0.2) is 43.5 Å². The molecule has 1 saturated heterocycles. The maximum absolute atomic E-state index is 12.0. The minimum Gasteiger partial charge on any atom is -0.325 e. The molecular weight excluding hydrogens is 252 g/mol. The predicted octanol–water partition coefficient (Wildman–Crippen LogP) is 1.18.